The molecule has 0 aromatic rings. The van der Waals surface area contributed by atoms with Crippen molar-refractivity contribution in [2.75, 3.05) is 20.3 Å². The van der Waals surface area contributed by atoms with Gasteiger partial charge in [-0.3, -0.25) is 0 Å². The standard InChI is InChI=1S/C10H22FNO/c1-9(2)7-10(11,8-13-3)5-4-6-12/h9H,4-8,12H2,1-3H3. The molecule has 2 N–H and O–H groups in total. The molecule has 0 aromatic carbocycles. The van der Waals surface area contributed by atoms with Crippen LogP contribution in [-0.2, 0) is 4.74 Å². The molecular formula is C10H22FNO. The largest absolute Gasteiger partial charge is 0.381 e. The van der Waals surface area contributed by atoms with Crippen LogP contribution >= 0.6 is 0 Å². The summed E-state index contributed by atoms with van der Waals surface area (Å²) in [4.78, 5) is 0. The maximum atomic E-state index is 14.0. The number of halogens is 1. The van der Waals surface area contributed by atoms with Crippen molar-refractivity contribution in [2.24, 2.45) is 11.7 Å². The molecule has 1 unspecified atom stereocenters. The Balaban J connectivity index is 3.99. The molecule has 2 nitrogen and oxygen atoms in total. The Morgan fingerprint density at radius 1 is 1.46 bits per heavy atom. The lowest BCUT2D eigenvalue weighted by Crippen LogP contribution is -2.31. The Kier molecular flexibility index (Phi) is 6.25. The van der Waals surface area contributed by atoms with Gasteiger partial charge in [-0.1, -0.05) is 13.8 Å². The highest BCUT2D eigenvalue weighted by Crippen LogP contribution is 2.26. The second-order valence-corrected chi connectivity index (χ2v) is 4.07. The average Bonchev–Trinajstić information content (AvgIpc) is 2.00. The summed E-state index contributed by atoms with van der Waals surface area (Å²) in [5.41, 5.74) is 4.18. The molecule has 0 spiro atoms. The topological polar surface area (TPSA) is 35.2 Å². The molecule has 0 fully saturated rings. The summed E-state index contributed by atoms with van der Waals surface area (Å²) in [5.74, 6) is 0.359. The van der Waals surface area contributed by atoms with E-state index in [2.05, 4.69) is 0 Å². The summed E-state index contributed by atoms with van der Waals surface area (Å²) in [6.07, 6.45) is 1.79. The number of hydrogen-bond acceptors (Lipinski definition) is 2. The Morgan fingerprint density at radius 3 is 2.46 bits per heavy atom. The maximum Gasteiger partial charge on any atom is 0.134 e. The Hall–Kier alpha value is -0.150. The number of ether oxygens (including phenoxy) is 1. The maximum absolute atomic E-state index is 14.0. The summed E-state index contributed by atoms with van der Waals surface area (Å²) >= 11 is 0. The number of rotatable bonds is 7. The zero-order valence-electron chi connectivity index (χ0n) is 8.98. The number of hydrogen-bond donors (Lipinski definition) is 1. The first kappa shape index (κ1) is 12.8. The zero-order valence-corrected chi connectivity index (χ0v) is 8.98. The predicted molar refractivity (Wildman–Crippen MR) is 53.5 cm³/mol. The molecule has 0 saturated heterocycles. The fraction of sp³-hybridized carbons (Fsp3) is 1.00. The van der Waals surface area contributed by atoms with Gasteiger partial charge in [0.1, 0.15) is 5.67 Å². The first-order chi connectivity index (χ1) is 6.04. The van der Waals surface area contributed by atoms with Gasteiger partial charge < -0.3 is 10.5 Å². The van der Waals surface area contributed by atoms with Crippen molar-refractivity contribution in [2.45, 2.75) is 38.8 Å². The van der Waals surface area contributed by atoms with Crippen molar-refractivity contribution in [1.29, 1.82) is 0 Å². The van der Waals surface area contributed by atoms with E-state index in [1.165, 1.54) is 7.11 Å². The molecule has 0 aliphatic carbocycles. The van der Waals surface area contributed by atoms with Crippen LogP contribution in [0.15, 0.2) is 0 Å². The van der Waals surface area contributed by atoms with E-state index in [1.54, 1.807) is 0 Å². The van der Waals surface area contributed by atoms with Gasteiger partial charge in [-0.15, -0.1) is 0 Å². The molecule has 0 radical (unpaired) electrons. The minimum Gasteiger partial charge on any atom is -0.381 e. The van der Waals surface area contributed by atoms with Gasteiger partial charge in [-0.05, 0) is 31.7 Å². The molecule has 0 aromatic heterocycles. The first-order valence-electron chi connectivity index (χ1n) is 4.92. The minimum absolute atomic E-state index is 0.186. The molecule has 0 heterocycles. The number of alkyl halides is 1. The van der Waals surface area contributed by atoms with Crippen molar-refractivity contribution < 1.29 is 9.13 Å². The van der Waals surface area contributed by atoms with Crippen molar-refractivity contribution in [3.8, 4) is 0 Å². The summed E-state index contributed by atoms with van der Waals surface area (Å²) in [7, 11) is 1.54. The van der Waals surface area contributed by atoms with E-state index in [0.717, 1.165) is 6.42 Å². The molecule has 1 atom stereocenters. The zero-order chi connectivity index (χ0) is 10.3. The van der Waals surface area contributed by atoms with Gasteiger partial charge >= 0.3 is 0 Å². The third kappa shape index (κ3) is 5.99. The highest BCUT2D eigenvalue weighted by molar-refractivity contribution is 4.80. The van der Waals surface area contributed by atoms with Crippen molar-refractivity contribution in [1.82, 2.24) is 0 Å². The summed E-state index contributed by atoms with van der Waals surface area (Å²) in [6.45, 7) is 4.78. The van der Waals surface area contributed by atoms with Gasteiger partial charge in [0.25, 0.3) is 0 Å². The highest BCUT2D eigenvalue weighted by atomic mass is 19.1. The number of methoxy groups -OCH3 is 1. The van der Waals surface area contributed by atoms with Crippen molar-refractivity contribution in [3.05, 3.63) is 0 Å². The minimum atomic E-state index is -1.18. The smallest absolute Gasteiger partial charge is 0.134 e. The van der Waals surface area contributed by atoms with E-state index in [0.29, 0.717) is 25.3 Å². The van der Waals surface area contributed by atoms with Gasteiger partial charge in [0.2, 0.25) is 0 Å². The van der Waals surface area contributed by atoms with Crippen LogP contribution < -0.4 is 5.73 Å². The van der Waals surface area contributed by atoms with E-state index in [4.69, 9.17) is 10.5 Å². The molecular weight excluding hydrogens is 169 g/mol. The molecule has 0 rings (SSSR count). The van der Waals surface area contributed by atoms with Crippen LogP contribution in [0.5, 0.6) is 0 Å². The average molecular weight is 191 g/mol. The van der Waals surface area contributed by atoms with Gasteiger partial charge in [0.15, 0.2) is 0 Å². The second-order valence-electron chi connectivity index (χ2n) is 4.07. The lowest BCUT2D eigenvalue weighted by Gasteiger charge is -2.26. The lowest BCUT2D eigenvalue weighted by atomic mass is 9.90. The van der Waals surface area contributed by atoms with E-state index < -0.39 is 5.67 Å². The Labute approximate surface area is 80.6 Å². The van der Waals surface area contributed by atoms with Gasteiger partial charge in [0, 0.05) is 7.11 Å². The monoisotopic (exact) mass is 191 g/mol. The van der Waals surface area contributed by atoms with Crippen LogP contribution in [0.1, 0.15) is 33.1 Å². The SMILES string of the molecule is COCC(F)(CCCN)CC(C)C. The lowest BCUT2D eigenvalue weighted by molar-refractivity contribution is 0.0179. The molecule has 3 heteroatoms. The third-order valence-electron chi connectivity index (χ3n) is 2.01. The third-order valence-corrected chi connectivity index (χ3v) is 2.01. The predicted octanol–water partition coefficient (Wildman–Crippen LogP) is 2.13. The van der Waals surface area contributed by atoms with Gasteiger partial charge in [-0.25, -0.2) is 4.39 Å². The van der Waals surface area contributed by atoms with E-state index in [1.807, 2.05) is 13.8 Å². The second kappa shape index (κ2) is 6.33. The molecule has 0 saturated carbocycles. The van der Waals surface area contributed by atoms with E-state index >= 15 is 0 Å². The van der Waals surface area contributed by atoms with Crippen LogP contribution in [-0.4, -0.2) is 25.9 Å². The van der Waals surface area contributed by atoms with E-state index in [9.17, 15) is 4.39 Å². The summed E-state index contributed by atoms with van der Waals surface area (Å²) < 4.78 is 18.9. The van der Waals surface area contributed by atoms with Crippen LogP contribution in [0, 0.1) is 5.92 Å². The van der Waals surface area contributed by atoms with Crippen LogP contribution in [0.25, 0.3) is 0 Å². The van der Waals surface area contributed by atoms with Gasteiger partial charge in [0.05, 0.1) is 6.61 Å². The molecule has 0 aliphatic rings. The molecule has 0 amide bonds. The first-order valence-corrected chi connectivity index (χ1v) is 4.92. The number of nitrogens with two attached hydrogens (primary N) is 1. The van der Waals surface area contributed by atoms with Crippen LogP contribution in [0.4, 0.5) is 4.39 Å². The Bertz CT molecular complexity index is 130. The van der Waals surface area contributed by atoms with Crippen LogP contribution in [0.2, 0.25) is 0 Å². The highest BCUT2D eigenvalue weighted by Gasteiger charge is 2.29. The van der Waals surface area contributed by atoms with Crippen molar-refractivity contribution in [3.63, 3.8) is 0 Å². The molecule has 13 heavy (non-hydrogen) atoms. The fourth-order valence-corrected chi connectivity index (χ4v) is 1.64. The molecule has 0 bridgehead atoms. The van der Waals surface area contributed by atoms with E-state index in [-0.39, 0.29) is 6.61 Å². The molecule has 80 valence electrons. The fourth-order valence-electron chi connectivity index (χ4n) is 1.64. The van der Waals surface area contributed by atoms with Gasteiger partial charge in [-0.2, -0.15) is 0 Å². The van der Waals surface area contributed by atoms with Crippen molar-refractivity contribution >= 4 is 0 Å². The quantitative estimate of drug-likeness (QED) is 0.669. The Morgan fingerprint density at radius 2 is 2.08 bits per heavy atom. The normalized spacial score (nSPS) is 16.2. The summed E-state index contributed by atoms with van der Waals surface area (Å²) in [5, 5.41) is 0. The molecule has 0 aliphatic heterocycles. The van der Waals surface area contributed by atoms with Crippen LogP contribution in [0.3, 0.4) is 0 Å². The summed E-state index contributed by atoms with van der Waals surface area (Å²) in [6, 6.07) is 0.